The predicted molar refractivity (Wildman–Crippen MR) is 113 cm³/mol. The molecule has 3 heterocycles. The van der Waals surface area contributed by atoms with E-state index in [4.69, 9.17) is 0 Å². The molecule has 5 nitrogen and oxygen atoms in total. The second kappa shape index (κ2) is 8.07. The van der Waals surface area contributed by atoms with Gasteiger partial charge >= 0.3 is 0 Å². The predicted octanol–water partition coefficient (Wildman–Crippen LogP) is 2.96. The summed E-state index contributed by atoms with van der Waals surface area (Å²) in [5, 5.41) is 0. The van der Waals surface area contributed by atoms with Gasteiger partial charge in [-0.2, -0.15) is 0 Å². The number of nitrogens with zero attached hydrogens (tertiary/aromatic N) is 3. The van der Waals surface area contributed by atoms with E-state index in [1.165, 1.54) is 0 Å². The van der Waals surface area contributed by atoms with Gasteiger partial charge in [-0.15, -0.1) is 11.8 Å². The van der Waals surface area contributed by atoms with Crippen molar-refractivity contribution in [1.29, 1.82) is 0 Å². The van der Waals surface area contributed by atoms with E-state index in [0.29, 0.717) is 5.91 Å². The number of rotatable bonds is 3. The summed E-state index contributed by atoms with van der Waals surface area (Å²) in [6.07, 6.45) is 6.94. The number of piperidine rings is 2. The zero-order valence-corrected chi connectivity index (χ0v) is 17.8. The van der Waals surface area contributed by atoms with Gasteiger partial charge in [-0.25, -0.2) is 0 Å². The van der Waals surface area contributed by atoms with E-state index in [-0.39, 0.29) is 11.9 Å². The molecule has 3 aliphatic rings. The molecule has 0 aliphatic carbocycles. The van der Waals surface area contributed by atoms with Crippen LogP contribution in [0.15, 0.2) is 29.2 Å². The molecule has 28 heavy (non-hydrogen) atoms. The average molecular weight is 402 g/mol. The van der Waals surface area contributed by atoms with Gasteiger partial charge in [-0.05, 0) is 76.2 Å². The standard InChI is InChI=1S/C22H31N3O2S/c1-23-15-11-22(21(27)24-12-3-4-13-24)10-5-14-25(19(22)16-23)20(26)17-6-8-18(28-2)9-7-17/h6-9,19H,3-5,10-16H2,1-2H3/t19-,22+/m0/s1. The van der Waals surface area contributed by atoms with Crippen LogP contribution in [0.5, 0.6) is 0 Å². The minimum Gasteiger partial charge on any atom is -0.342 e. The number of likely N-dealkylation sites (tertiary alicyclic amines) is 3. The van der Waals surface area contributed by atoms with Crippen LogP contribution in [0.25, 0.3) is 0 Å². The number of benzene rings is 1. The van der Waals surface area contributed by atoms with Gasteiger partial charge in [0.05, 0.1) is 11.5 Å². The van der Waals surface area contributed by atoms with Crippen molar-refractivity contribution < 1.29 is 9.59 Å². The number of hydrogen-bond donors (Lipinski definition) is 0. The van der Waals surface area contributed by atoms with E-state index in [9.17, 15) is 9.59 Å². The highest BCUT2D eigenvalue weighted by Crippen LogP contribution is 2.44. The lowest BCUT2D eigenvalue weighted by molar-refractivity contribution is -0.152. The van der Waals surface area contributed by atoms with Crippen molar-refractivity contribution in [3.63, 3.8) is 0 Å². The first-order chi connectivity index (χ1) is 13.5. The molecular weight excluding hydrogens is 370 g/mol. The van der Waals surface area contributed by atoms with E-state index < -0.39 is 5.41 Å². The lowest BCUT2D eigenvalue weighted by Gasteiger charge is -2.54. The van der Waals surface area contributed by atoms with Crippen molar-refractivity contribution in [2.45, 2.75) is 43.0 Å². The zero-order valence-electron chi connectivity index (χ0n) is 17.0. The van der Waals surface area contributed by atoms with Gasteiger partial charge in [-0.1, -0.05) is 0 Å². The summed E-state index contributed by atoms with van der Waals surface area (Å²) in [5.41, 5.74) is 0.333. The minimum atomic E-state index is -0.399. The van der Waals surface area contributed by atoms with E-state index >= 15 is 0 Å². The Hall–Kier alpha value is -1.53. The Kier molecular flexibility index (Phi) is 5.70. The molecule has 0 bridgehead atoms. The Labute approximate surface area is 172 Å². The Bertz CT molecular complexity index is 732. The van der Waals surface area contributed by atoms with E-state index in [2.05, 4.69) is 16.8 Å². The summed E-state index contributed by atoms with van der Waals surface area (Å²) in [7, 11) is 2.11. The molecule has 0 radical (unpaired) electrons. The largest absolute Gasteiger partial charge is 0.342 e. The molecule has 3 aliphatic heterocycles. The van der Waals surface area contributed by atoms with Crippen molar-refractivity contribution >= 4 is 23.6 Å². The van der Waals surface area contributed by atoms with Gasteiger partial charge in [-0.3, -0.25) is 9.59 Å². The normalized spacial score (nSPS) is 28.3. The first-order valence-corrected chi connectivity index (χ1v) is 11.7. The van der Waals surface area contributed by atoms with Gasteiger partial charge in [0.1, 0.15) is 0 Å². The molecular formula is C22H31N3O2S. The highest BCUT2D eigenvalue weighted by atomic mass is 32.2. The van der Waals surface area contributed by atoms with Crippen LogP contribution in [0.2, 0.25) is 0 Å². The first kappa shape index (κ1) is 19.8. The van der Waals surface area contributed by atoms with Crippen molar-refractivity contribution in [3.05, 3.63) is 29.8 Å². The summed E-state index contributed by atoms with van der Waals surface area (Å²) in [4.78, 5) is 34.6. The van der Waals surface area contributed by atoms with Crippen LogP contribution in [-0.4, -0.2) is 78.6 Å². The smallest absolute Gasteiger partial charge is 0.254 e. The Morgan fingerprint density at radius 3 is 2.39 bits per heavy atom. The van der Waals surface area contributed by atoms with Crippen molar-refractivity contribution in [3.8, 4) is 0 Å². The molecule has 0 spiro atoms. The van der Waals surface area contributed by atoms with E-state index in [0.717, 1.165) is 75.3 Å². The fraction of sp³-hybridized carbons (Fsp3) is 0.636. The molecule has 1 aromatic carbocycles. The number of fused-ring (bicyclic) bond motifs is 1. The quantitative estimate of drug-likeness (QED) is 0.731. The highest BCUT2D eigenvalue weighted by molar-refractivity contribution is 7.98. The maximum Gasteiger partial charge on any atom is 0.254 e. The van der Waals surface area contributed by atoms with Crippen LogP contribution in [0.3, 0.4) is 0 Å². The van der Waals surface area contributed by atoms with Crippen LogP contribution in [-0.2, 0) is 4.79 Å². The van der Waals surface area contributed by atoms with Crippen LogP contribution < -0.4 is 0 Å². The van der Waals surface area contributed by atoms with Crippen LogP contribution in [0.4, 0.5) is 0 Å². The molecule has 6 heteroatoms. The third-order valence-corrected chi connectivity index (χ3v) is 7.62. The Morgan fingerprint density at radius 1 is 1.00 bits per heavy atom. The third-order valence-electron chi connectivity index (χ3n) is 6.88. The van der Waals surface area contributed by atoms with Crippen molar-refractivity contribution in [1.82, 2.24) is 14.7 Å². The van der Waals surface area contributed by atoms with Gasteiger partial charge < -0.3 is 14.7 Å². The summed E-state index contributed by atoms with van der Waals surface area (Å²) in [6, 6.07) is 7.86. The lowest BCUT2D eigenvalue weighted by atomic mass is 9.67. The highest BCUT2D eigenvalue weighted by Gasteiger charge is 2.54. The lowest BCUT2D eigenvalue weighted by Crippen LogP contribution is -2.66. The van der Waals surface area contributed by atoms with E-state index in [1.807, 2.05) is 35.4 Å². The SMILES string of the molecule is CSc1ccc(C(=O)N2CCC[C@@]3(C(=O)N4CCCC4)CCN(C)C[C@H]23)cc1. The first-order valence-electron chi connectivity index (χ1n) is 10.5. The number of amides is 2. The minimum absolute atomic E-state index is 0.0270. The number of hydrogen-bond acceptors (Lipinski definition) is 4. The number of likely N-dealkylation sites (N-methyl/N-ethyl adjacent to an activating group) is 1. The van der Waals surface area contributed by atoms with E-state index in [1.54, 1.807) is 11.8 Å². The molecule has 0 aromatic heterocycles. The average Bonchev–Trinajstić information content (AvgIpc) is 3.27. The molecule has 0 N–H and O–H groups in total. The molecule has 0 saturated carbocycles. The maximum absolute atomic E-state index is 13.6. The molecule has 3 fully saturated rings. The molecule has 1 aromatic rings. The van der Waals surface area contributed by atoms with Crippen LogP contribution in [0.1, 0.15) is 42.5 Å². The number of thioether (sulfide) groups is 1. The summed E-state index contributed by atoms with van der Waals surface area (Å²) in [5.74, 6) is 0.379. The van der Waals surface area contributed by atoms with Crippen LogP contribution in [0, 0.1) is 5.41 Å². The molecule has 2 amide bonds. The molecule has 0 unspecified atom stereocenters. The summed E-state index contributed by atoms with van der Waals surface area (Å²) >= 11 is 1.68. The number of carbonyl (C=O) groups is 2. The Morgan fingerprint density at radius 2 is 1.71 bits per heavy atom. The Balaban J connectivity index is 1.63. The van der Waals surface area contributed by atoms with Gasteiger partial charge in [0.25, 0.3) is 5.91 Å². The molecule has 4 rings (SSSR count). The maximum atomic E-state index is 13.6. The summed E-state index contributed by atoms with van der Waals surface area (Å²) < 4.78 is 0. The van der Waals surface area contributed by atoms with Gasteiger partial charge in [0.15, 0.2) is 0 Å². The van der Waals surface area contributed by atoms with Crippen molar-refractivity contribution in [2.24, 2.45) is 5.41 Å². The number of carbonyl (C=O) groups excluding carboxylic acids is 2. The topological polar surface area (TPSA) is 43.9 Å². The van der Waals surface area contributed by atoms with Gasteiger partial charge in [0, 0.05) is 36.6 Å². The zero-order chi connectivity index (χ0) is 19.7. The molecule has 152 valence electrons. The van der Waals surface area contributed by atoms with Crippen LogP contribution >= 0.6 is 11.8 Å². The molecule has 3 saturated heterocycles. The fourth-order valence-corrected chi connectivity index (χ4v) is 5.67. The summed E-state index contributed by atoms with van der Waals surface area (Å²) in [6.45, 7) is 4.23. The van der Waals surface area contributed by atoms with Gasteiger partial charge in [0.2, 0.25) is 5.91 Å². The second-order valence-electron chi connectivity index (χ2n) is 8.51. The molecule has 2 atom stereocenters. The van der Waals surface area contributed by atoms with Crippen molar-refractivity contribution in [2.75, 3.05) is 46.0 Å². The third kappa shape index (κ3) is 3.45. The monoisotopic (exact) mass is 401 g/mol. The fourth-order valence-electron chi connectivity index (χ4n) is 5.26. The second-order valence-corrected chi connectivity index (χ2v) is 9.39.